The van der Waals surface area contributed by atoms with Crippen molar-refractivity contribution in [1.29, 1.82) is 0 Å². The minimum atomic E-state index is -3.24. The Morgan fingerprint density at radius 3 is 2.58 bits per heavy atom. The zero-order valence-electron chi connectivity index (χ0n) is 10.8. The molecule has 2 heterocycles. The molecule has 2 N–H and O–H groups in total. The van der Waals surface area contributed by atoms with Crippen molar-refractivity contribution in [3.8, 4) is 5.69 Å². The molecule has 7 heteroatoms. The van der Waals surface area contributed by atoms with Gasteiger partial charge in [-0.05, 0) is 18.6 Å². The number of hydrogen-bond acceptors (Lipinski definition) is 5. The van der Waals surface area contributed by atoms with Crippen LogP contribution in [-0.4, -0.2) is 29.4 Å². The Balaban J connectivity index is 2.30. The van der Waals surface area contributed by atoms with E-state index in [1.165, 1.54) is 17.1 Å². The average molecular weight is 280 g/mol. The van der Waals surface area contributed by atoms with Gasteiger partial charge in [-0.15, -0.1) is 0 Å². The van der Waals surface area contributed by atoms with Gasteiger partial charge in [0.15, 0.2) is 9.84 Å². The van der Waals surface area contributed by atoms with Gasteiger partial charge in [0.2, 0.25) is 0 Å². The summed E-state index contributed by atoms with van der Waals surface area (Å²) in [6.07, 6.45) is 6.37. The van der Waals surface area contributed by atoms with Gasteiger partial charge in [-0.25, -0.2) is 13.1 Å². The Morgan fingerprint density at radius 2 is 2.11 bits per heavy atom. The van der Waals surface area contributed by atoms with Crippen LogP contribution in [0.5, 0.6) is 0 Å². The summed E-state index contributed by atoms with van der Waals surface area (Å²) in [5.41, 5.74) is 7.38. The first-order chi connectivity index (χ1) is 8.91. The summed E-state index contributed by atoms with van der Waals surface area (Å²) in [6, 6.07) is 3.56. The molecule has 2 aromatic heterocycles. The lowest BCUT2D eigenvalue weighted by Crippen LogP contribution is -2.10. The molecule has 0 saturated heterocycles. The fourth-order valence-corrected chi connectivity index (χ4v) is 2.13. The van der Waals surface area contributed by atoms with Gasteiger partial charge in [0.1, 0.15) is 4.90 Å². The van der Waals surface area contributed by atoms with E-state index in [0.29, 0.717) is 5.69 Å². The normalized spacial score (nSPS) is 13.4. The fourth-order valence-electron chi connectivity index (χ4n) is 1.60. The topological polar surface area (TPSA) is 90.9 Å². The van der Waals surface area contributed by atoms with Crippen LogP contribution in [0, 0.1) is 0 Å². The number of pyridine rings is 1. The van der Waals surface area contributed by atoms with Gasteiger partial charge in [0.05, 0.1) is 23.8 Å². The van der Waals surface area contributed by atoms with Crippen LogP contribution in [0.15, 0.2) is 35.6 Å². The third-order valence-electron chi connectivity index (χ3n) is 2.84. The summed E-state index contributed by atoms with van der Waals surface area (Å²) >= 11 is 0. The van der Waals surface area contributed by atoms with Gasteiger partial charge in [-0.3, -0.25) is 4.98 Å². The van der Waals surface area contributed by atoms with Crippen LogP contribution < -0.4 is 5.73 Å². The van der Waals surface area contributed by atoms with E-state index in [-0.39, 0.29) is 10.9 Å². The second-order valence-electron chi connectivity index (χ2n) is 4.35. The number of nitrogens with zero attached hydrogens (tertiary/aromatic N) is 3. The monoisotopic (exact) mass is 280 g/mol. The van der Waals surface area contributed by atoms with Crippen molar-refractivity contribution in [2.24, 2.45) is 5.73 Å². The smallest absolute Gasteiger partial charge is 0.178 e. The minimum Gasteiger partial charge on any atom is -0.323 e. The van der Waals surface area contributed by atoms with Gasteiger partial charge in [-0.1, -0.05) is 6.92 Å². The molecular weight excluding hydrogens is 264 g/mol. The first-order valence-corrected chi connectivity index (χ1v) is 7.77. The lowest BCUT2D eigenvalue weighted by Gasteiger charge is -2.08. The highest BCUT2D eigenvalue weighted by Gasteiger charge is 2.11. The predicted molar refractivity (Wildman–Crippen MR) is 71.7 cm³/mol. The van der Waals surface area contributed by atoms with Crippen molar-refractivity contribution in [3.05, 3.63) is 36.4 Å². The molecule has 102 valence electrons. The quantitative estimate of drug-likeness (QED) is 0.905. The highest BCUT2D eigenvalue weighted by Crippen LogP contribution is 2.15. The second-order valence-corrected chi connectivity index (χ2v) is 6.36. The van der Waals surface area contributed by atoms with E-state index in [1.54, 1.807) is 6.20 Å². The molecule has 0 unspecified atom stereocenters. The molecular formula is C12H16N4O2S. The number of sulfone groups is 1. The van der Waals surface area contributed by atoms with Crippen LogP contribution in [0.25, 0.3) is 5.69 Å². The van der Waals surface area contributed by atoms with Crippen LogP contribution in [0.1, 0.15) is 25.1 Å². The largest absolute Gasteiger partial charge is 0.323 e. The van der Waals surface area contributed by atoms with Crippen molar-refractivity contribution in [1.82, 2.24) is 14.8 Å². The van der Waals surface area contributed by atoms with Crippen molar-refractivity contribution >= 4 is 9.84 Å². The van der Waals surface area contributed by atoms with Crippen LogP contribution in [0.2, 0.25) is 0 Å². The zero-order valence-corrected chi connectivity index (χ0v) is 11.6. The minimum absolute atomic E-state index is 0.0850. The molecule has 0 fully saturated rings. The maximum atomic E-state index is 11.4. The van der Waals surface area contributed by atoms with Crippen molar-refractivity contribution in [2.45, 2.75) is 24.3 Å². The van der Waals surface area contributed by atoms with Crippen LogP contribution in [0.4, 0.5) is 0 Å². The highest BCUT2D eigenvalue weighted by molar-refractivity contribution is 7.90. The molecule has 6 nitrogen and oxygen atoms in total. The van der Waals surface area contributed by atoms with E-state index in [2.05, 4.69) is 10.1 Å². The van der Waals surface area contributed by atoms with E-state index >= 15 is 0 Å². The molecule has 0 aliphatic heterocycles. The second kappa shape index (κ2) is 5.10. The van der Waals surface area contributed by atoms with E-state index in [4.69, 9.17) is 5.73 Å². The third kappa shape index (κ3) is 2.99. The fraction of sp³-hybridized carbons (Fsp3) is 0.333. The molecule has 2 rings (SSSR count). The van der Waals surface area contributed by atoms with Crippen molar-refractivity contribution in [2.75, 3.05) is 6.26 Å². The van der Waals surface area contributed by atoms with Crippen molar-refractivity contribution in [3.63, 3.8) is 0 Å². The van der Waals surface area contributed by atoms with Gasteiger partial charge in [-0.2, -0.15) is 5.10 Å². The van der Waals surface area contributed by atoms with Crippen LogP contribution in [0.3, 0.4) is 0 Å². The molecule has 0 amide bonds. The van der Waals surface area contributed by atoms with Crippen molar-refractivity contribution < 1.29 is 8.42 Å². The molecule has 19 heavy (non-hydrogen) atoms. The maximum Gasteiger partial charge on any atom is 0.178 e. The maximum absolute atomic E-state index is 11.4. The first kappa shape index (κ1) is 13.7. The molecule has 1 atom stereocenters. The Morgan fingerprint density at radius 1 is 1.37 bits per heavy atom. The van der Waals surface area contributed by atoms with E-state index in [0.717, 1.165) is 18.4 Å². The number of nitrogens with two attached hydrogens (primary N) is 1. The SMILES string of the molecule is CC[C@@H](N)c1ccc(-n2cc(S(C)(=O)=O)cn2)cn1. The van der Waals surface area contributed by atoms with E-state index < -0.39 is 9.84 Å². The van der Waals surface area contributed by atoms with Gasteiger partial charge >= 0.3 is 0 Å². The number of hydrogen-bond donors (Lipinski definition) is 1. The Labute approximate surface area is 112 Å². The molecule has 2 aromatic rings. The van der Waals surface area contributed by atoms with Gasteiger partial charge in [0, 0.05) is 18.5 Å². The Hall–Kier alpha value is -1.73. The summed E-state index contributed by atoms with van der Waals surface area (Å²) in [6.45, 7) is 1.99. The molecule has 0 aliphatic carbocycles. The average Bonchev–Trinajstić information content (AvgIpc) is 2.87. The molecule has 0 aliphatic rings. The number of aromatic nitrogens is 3. The summed E-state index contributed by atoms with van der Waals surface area (Å²) < 4.78 is 24.2. The lowest BCUT2D eigenvalue weighted by molar-refractivity contribution is 0.602. The van der Waals surface area contributed by atoms with Gasteiger partial charge in [0.25, 0.3) is 0 Å². The molecule has 0 bridgehead atoms. The molecule has 0 radical (unpaired) electrons. The number of rotatable bonds is 4. The standard InChI is InChI=1S/C12H16N4O2S/c1-3-11(13)12-5-4-9(6-14-12)16-8-10(7-15-16)19(2,17)18/h4-8,11H,3,13H2,1-2H3/t11-/m1/s1. The summed E-state index contributed by atoms with van der Waals surface area (Å²) in [7, 11) is -3.24. The van der Waals surface area contributed by atoms with Gasteiger partial charge < -0.3 is 5.73 Å². The summed E-state index contributed by atoms with van der Waals surface area (Å²) in [5.74, 6) is 0. The predicted octanol–water partition coefficient (Wildman–Crippen LogP) is 1.08. The molecule has 0 aromatic carbocycles. The third-order valence-corrected chi connectivity index (χ3v) is 3.91. The van der Waals surface area contributed by atoms with Crippen LogP contribution in [-0.2, 0) is 9.84 Å². The molecule has 0 spiro atoms. The summed E-state index contributed by atoms with van der Waals surface area (Å²) in [4.78, 5) is 4.44. The highest BCUT2D eigenvalue weighted by atomic mass is 32.2. The molecule has 0 saturated carbocycles. The Bertz CT molecular complexity index is 661. The lowest BCUT2D eigenvalue weighted by atomic mass is 10.1. The van der Waals surface area contributed by atoms with Crippen LogP contribution >= 0.6 is 0 Å². The van der Waals surface area contributed by atoms with E-state index in [1.807, 2.05) is 19.1 Å². The van der Waals surface area contributed by atoms with E-state index in [9.17, 15) is 8.42 Å². The summed E-state index contributed by atoms with van der Waals surface area (Å²) in [5, 5.41) is 4.01. The zero-order chi connectivity index (χ0) is 14.0. The Kier molecular flexibility index (Phi) is 3.68. The first-order valence-electron chi connectivity index (χ1n) is 5.88.